The molecule has 0 radical (unpaired) electrons. The second-order valence-corrected chi connectivity index (χ2v) is 20.8. The van der Waals surface area contributed by atoms with Gasteiger partial charge in [0.2, 0.25) is 0 Å². The third-order valence-corrected chi connectivity index (χ3v) is 14.8. The Hall–Kier alpha value is -2.25. The Labute approximate surface area is 392 Å². The smallest absolute Gasteiger partial charge is 0.311 e. The number of carbonyl (C=O) groups is 1. The van der Waals surface area contributed by atoms with Gasteiger partial charge in [0.05, 0.1) is 47.1 Å². The molecule has 4 heterocycles. The number of aromatic nitrogens is 1. The van der Waals surface area contributed by atoms with Crippen molar-refractivity contribution in [3.63, 3.8) is 0 Å². The topological polar surface area (TPSA) is 185 Å². The van der Waals surface area contributed by atoms with Crippen molar-refractivity contribution >= 4 is 34.2 Å². The van der Waals surface area contributed by atoms with Gasteiger partial charge in [0.15, 0.2) is 12.6 Å². The first-order chi connectivity index (χ1) is 30.4. The fourth-order valence-electron chi connectivity index (χ4n) is 10.6. The molecule has 15 nitrogen and oxygen atoms in total. The highest BCUT2D eigenvalue weighted by atomic mass is 35.5. The monoisotopic (exact) mass is 937 g/mol. The summed E-state index contributed by atoms with van der Waals surface area (Å²) in [5, 5.41) is 53.4. The Morgan fingerprint density at radius 1 is 0.969 bits per heavy atom. The molecular formula is C49H81ClN4O11. The maximum atomic E-state index is 14.6. The van der Waals surface area contributed by atoms with E-state index in [-0.39, 0.29) is 37.3 Å². The summed E-state index contributed by atoms with van der Waals surface area (Å²) >= 11 is 6.25. The number of carbonyl (C=O) groups excluding carboxylic acids is 1. The highest BCUT2D eigenvalue weighted by Crippen LogP contribution is 2.40. The van der Waals surface area contributed by atoms with E-state index < -0.39 is 89.9 Å². The van der Waals surface area contributed by atoms with Gasteiger partial charge in [-0.05, 0) is 118 Å². The zero-order valence-corrected chi connectivity index (χ0v) is 42.0. The van der Waals surface area contributed by atoms with E-state index in [2.05, 4.69) is 27.0 Å². The van der Waals surface area contributed by atoms with Crippen LogP contribution in [0, 0.1) is 17.8 Å². The van der Waals surface area contributed by atoms with Crippen LogP contribution in [0.1, 0.15) is 108 Å². The number of nitrogens with zero attached hydrogens (tertiary/aromatic N) is 3. The number of pyridine rings is 1. The van der Waals surface area contributed by atoms with Crippen LogP contribution in [0.3, 0.4) is 0 Å². The molecule has 65 heavy (non-hydrogen) atoms. The van der Waals surface area contributed by atoms with Gasteiger partial charge < -0.3 is 59.1 Å². The van der Waals surface area contributed by atoms with E-state index in [9.17, 15) is 25.2 Å². The van der Waals surface area contributed by atoms with Crippen molar-refractivity contribution in [2.45, 2.75) is 192 Å². The van der Waals surface area contributed by atoms with E-state index in [1.54, 1.807) is 33.9 Å². The summed E-state index contributed by atoms with van der Waals surface area (Å²) in [6, 6.07) is 7.14. The first-order valence-corrected chi connectivity index (χ1v) is 24.2. The van der Waals surface area contributed by atoms with Crippen LogP contribution in [0.2, 0.25) is 5.02 Å². The van der Waals surface area contributed by atoms with Crippen molar-refractivity contribution in [1.82, 2.24) is 14.8 Å². The van der Waals surface area contributed by atoms with Crippen molar-refractivity contribution in [3.05, 3.63) is 35.5 Å². The van der Waals surface area contributed by atoms with E-state index in [1.807, 2.05) is 66.1 Å². The maximum absolute atomic E-state index is 14.6. The zero-order valence-electron chi connectivity index (χ0n) is 41.2. The number of halogens is 1. The lowest BCUT2D eigenvalue weighted by Crippen LogP contribution is -2.60. The standard InChI is InChI=1S/C49H81ClN4O11/c1-14-39-49(10,59)43(55)32(6)54(21-15-19-51-37-18-20-52-38-23-34(50)16-17-36(37)38)27-28(2)25-47(8,58)45(65-40-24-35(53(11)12)22-29(3)61-40)30(4)42(31(5)46(57)63-39)64-41-26-48(9,60-13)44(56)33(7)62-41/h16-18,20,23,28-33,35,39-45,55-56,58-59H,14-15,19,21-22,24-27H2,1-13H3,(H,51,52)/t28-,29-,30+,31-,32-,33+,35?,39-,40+,41+,42+,43-,44+,45-,47-,48-,49?/m1/s1. The molecule has 17 atom stereocenters. The summed E-state index contributed by atoms with van der Waals surface area (Å²) < 4.78 is 38.5. The van der Waals surface area contributed by atoms with E-state index in [0.29, 0.717) is 37.5 Å². The molecule has 0 amide bonds. The number of benzene rings is 1. The Kier molecular flexibility index (Phi) is 18.5. The quantitative estimate of drug-likeness (QED) is 0.123. The number of hydrogen-bond acceptors (Lipinski definition) is 15. The van der Waals surface area contributed by atoms with Gasteiger partial charge in [-0.25, -0.2) is 0 Å². The minimum atomic E-state index is -1.85. The first kappa shape index (κ1) is 53.7. The normalized spacial score (nSPS) is 40.9. The third kappa shape index (κ3) is 12.9. The molecule has 0 bridgehead atoms. The largest absolute Gasteiger partial charge is 0.459 e. The predicted octanol–water partition coefficient (Wildman–Crippen LogP) is 6.00. The number of aliphatic hydroxyl groups is 4. The number of rotatable bonds is 12. The van der Waals surface area contributed by atoms with Gasteiger partial charge in [-0.3, -0.25) is 14.7 Å². The molecule has 2 aromatic rings. The van der Waals surface area contributed by atoms with Gasteiger partial charge in [0.25, 0.3) is 0 Å². The van der Waals surface area contributed by atoms with Crippen molar-refractivity contribution in [1.29, 1.82) is 0 Å². The minimum absolute atomic E-state index is 0.107. The number of cyclic esters (lactones) is 1. The van der Waals surface area contributed by atoms with Crippen molar-refractivity contribution in [3.8, 4) is 0 Å². The molecule has 1 aromatic carbocycles. The van der Waals surface area contributed by atoms with Gasteiger partial charge in [-0.1, -0.05) is 32.4 Å². The van der Waals surface area contributed by atoms with Crippen molar-refractivity contribution < 1.29 is 53.6 Å². The summed E-state index contributed by atoms with van der Waals surface area (Å²) in [6.07, 6.45) is -3.14. The van der Waals surface area contributed by atoms with Crippen LogP contribution in [0.25, 0.3) is 10.9 Å². The molecule has 5 rings (SSSR count). The number of nitrogens with one attached hydrogen (secondary N) is 1. The van der Waals surface area contributed by atoms with E-state index in [4.69, 9.17) is 40.0 Å². The minimum Gasteiger partial charge on any atom is -0.459 e. The average molecular weight is 938 g/mol. The van der Waals surface area contributed by atoms with Crippen LogP contribution < -0.4 is 5.32 Å². The summed E-state index contributed by atoms with van der Waals surface area (Å²) in [6.45, 7) is 19.8. The predicted molar refractivity (Wildman–Crippen MR) is 252 cm³/mol. The maximum Gasteiger partial charge on any atom is 0.311 e. The van der Waals surface area contributed by atoms with Crippen LogP contribution in [-0.4, -0.2) is 166 Å². The van der Waals surface area contributed by atoms with Crippen molar-refractivity contribution in [2.24, 2.45) is 17.8 Å². The molecule has 3 aliphatic rings. The van der Waals surface area contributed by atoms with Crippen LogP contribution >= 0.6 is 11.6 Å². The lowest BCUT2D eigenvalue weighted by atomic mass is 9.77. The molecule has 0 spiro atoms. The SMILES string of the molecule is CC[C@H]1OC(=O)[C@H](C)[C@@H](O[C@H]2C[C@@](C)(OC)[C@@H](O)[C@H](C)O2)[C@H](C)[C@@H](O[C@H]2CC(N(C)C)C[C@@H](C)O2)[C@](C)(O)C[C@@H](C)CN(CCCNc2ccnc3cc(Cl)ccc23)[C@H](C)[C@@H](O)C1(C)O. The number of methoxy groups -OCH3 is 1. The Bertz CT molecular complexity index is 1840. The lowest BCUT2D eigenvalue weighted by molar-refractivity contribution is -0.308. The Morgan fingerprint density at radius 3 is 2.34 bits per heavy atom. The number of fused-ring (bicyclic) bond motifs is 1. The molecule has 3 aliphatic heterocycles. The van der Waals surface area contributed by atoms with E-state index in [1.165, 1.54) is 14.0 Å². The van der Waals surface area contributed by atoms with Crippen LogP contribution in [0.15, 0.2) is 30.5 Å². The second-order valence-electron chi connectivity index (χ2n) is 20.4. The van der Waals surface area contributed by atoms with Gasteiger partial charge in [-0.15, -0.1) is 0 Å². The van der Waals surface area contributed by atoms with E-state index in [0.717, 1.165) is 23.0 Å². The van der Waals surface area contributed by atoms with Crippen LogP contribution in [0.4, 0.5) is 5.69 Å². The van der Waals surface area contributed by atoms with Gasteiger partial charge in [0.1, 0.15) is 23.9 Å². The number of aliphatic hydroxyl groups excluding tert-OH is 2. The zero-order chi connectivity index (χ0) is 48.2. The molecule has 16 heteroatoms. The van der Waals surface area contributed by atoms with Crippen LogP contribution in [0.5, 0.6) is 0 Å². The van der Waals surface area contributed by atoms with Gasteiger partial charge in [0, 0.05) is 79.9 Å². The molecule has 0 aliphatic carbocycles. The van der Waals surface area contributed by atoms with E-state index >= 15 is 0 Å². The molecular weight excluding hydrogens is 856 g/mol. The summed E-state index contributed by atoms with van der Waals surface area (Å²) in [7, 11) is 5.61. The average Bonchev–Trinajstić information content (AvgIpc) is 3.24. The molecule has 3 saturated heterocycles. The first-order valence-electron chi connectivity index (χ1n) is 23.8. The highest BCUT2D eigenvalue weighted by molar-refractivity contribution is 6.31. The number of anilines is 1. The van der Waals surface area contributed by atoms with Crippen molar-refractivity contribution in [2.75, 3.05) is 46.2 Å². The molecule has 5 N–H and O–H groups in total. The number of ether oxygens (including phenoxy) is 6. The Balaban J connectivity index is 1.51. The van der Waals surface area contributed by atoms with Gasteiger partial charge in [-0.2, -0.15) is 0 Å². The fourth-order valence-corrected chi connectivity index (χ4v) is 10.8. The van der Waals surface area contributed by atoms with Gasteiger partial charge >= 0.3 is 5.97 Å². The Morgan fingerprint density at radius 2 is 1.68 bits per heavy atom. The molecule has 370 valence electrons. The second kappa shape index (κ2) is 22.5. The molecule has 2 unspecified atom stereocenters. The summed E-state index contributed by atoms with van der Waals surface area (Å²) in [5.74, 6) is -2.46. The third-order valence-electron chi connectivity index (χ3n) is 14.6. The summed E-state index contributed by atoms with van der Waals surface area (Å²) in [4.78, 5) is 23.3. The number of hydrogen-bond donors (Lipinski definition) is 5. The number of esters is 1. The molecule has 0 saturated carbocycles. The lowest BCUT2D eigenvalue weighted by Gasteiger charge is -2.48. The fraction of sp³-hybridized carbons (Fsp3) is 0.796. The molecule has 1 aromatic heterocycles. The van der Waals surface area contributed by atoms with Crippen LogP contribution in [-0.2, 0) is 33.2 Å². The highest BCUT2D eigenvalue weighted by Gasteiger charge is 2.52. The summed E-state index contributed by atoms with van der Waals surface area (Å²) in [5.41, 5.74) is -2.65. The molecule has 3 fully saturated rings.